The Kier molecular flexibility index (Phi) is 5.02. The van der Waals surface area contributed by atoms with Crippen LogP contribution in [-0.4, -0.2) is 37.4 Å². The predicted octanol–water partition coefficient (Wildman–Crippen LogP) is 0.875. The van der Waals surface area contributed by atoms with Crippen molar-refractivity contribution in [3.63, 3.8) is 0 Å². The Morgan fingerprint density at radius 2 is 2.10 bits per heavy atom. The number of rotatable bonds is 7. The van der Waals surface area contributed by atoms with E-state index < -0.39 is 4.92 Å². The molecule has 0 unspecified atom stereocenters. The number of benzene rings is 1. The van der Waals surface area contributed by atoms with Crippen LogP contribution < -0.4 is 5.73 Å². The van der Waals surface area contributed by atoms with Crippen molar-refractivity contribution in [3.8, 4) is 0 Å². The number of thioether (sulfide) groups is 1. The number of aromatic nitrogens is 4. The normalized spacial score (nSPS) is 10.7. The summed E-state index contributed by atoms with van der Waals surface area (Å²) in [6, 6.07) is 6.56. The number of nitro groups is 1. The smallest absolute Gasteiger partial charge is 0.269 e. The van der Waals surface area contributed by atoms with Gasteiger partial charge >= 0.3 is 0 Å². The highest BCUT2D eigenvalue weighted by molar-refractivity contribution is 7.99. The molecule has 0 fully saturated rings. The van der Waals surface area contributed by atoms with Crippen molar-refractivity contribution in [2.45, 2.75) is 18.1 Å². The monoisotopic (exact) mass is 294 g/mol. The molecule has 1 aromatic carbocycles. The number of tetrazole rings is 1. The quantitative estimate of drug-likeness (QED) is 0.458. The minimum Gasteiger partial charge on any atom is -0.329 e. The summed E-state index contributed by atoms with van der Waals surface area (Å²) in [5.41, 5.74) is 6.61. The van der Waals surface area contributed by atoms with E-state index in [2.05, 4.69) is 15.5 Å². The van der Waals surface area contributed by atoms with Crippen molar-refractivity contribution >= 4 is 17.4 Å². The first-order valence-electron chi connectivity index (χ1n) is 6.03. The third-order valence-corrected chi connectivity index (χ3v) is 3.57. The van der Waals surface area contributed by atoms with Crippen LogP contribution in [0.5, 0.6) is 0 Å². The average Bonchev–Trinajstić information content (AvgIpc) is 2.87. The molecule has 0 amide bonds. The molecule has 0 aliphatic carbocycles. The minimum absolute atomic E-state index is 0.105. The van der Waals surface area contributed by atoms with E-state index in [0.717, 1.165) is 22.9 Å². The van der Waals surface area contributed by atoms with E-state index in [1.54, 1.807) is 16.8 Å². The molecule has 1 heterocycles. The molecule has 0 aliphatic heterocycles. The van der Waals surface area contributed by atoms with Crippen molar-refractivity contribution < 1.29 is 4.92 Å². The van der Waals surface area contributed by atoms with E-state index in [1.165, 1.54) is 23.9 Å². The molecule has 2 rings (SSSR count). The second-order valence-electron chi connectivity index (χ2n) is 4.00. The summed E-state index contributed by atoms with van der Waals surface area (Å²) in [6.07, 6.45) is 0.790. The number of non-ortho nitro benzene ring substituents is 1. The summed E-state index contributed by atoms with van der Waals surface area (Å²) in [5, 5.41) is 22.7. The van der Waals surface area contributed by atoms with E-state index in [4.69, 9.17) is 5.73 Å². The van der Waals surface area contributed by atoms with Crippen LogP contribution in [0.2, 0.25) is 0 Å². The molecule has 0 radical (unpaired) electrons. The second kappa shape index (κ2) is 6.96. The molecule has 0 saturated carbocycles. The van der Waals surface area contributed by atoms with Crippen LogP contribution in [0.1, 0.15) is 5.56 Å². The van der Waals surface area contributed by atoms with Crippen LogP contribution in [0.15, 0.2) is 29.4 Å². The summed E-state index contributed by atoms with van der Waals surface area (Å²) in [5.74, 6) is 0.794. The number of hydrogen-bond acceptors (Lipinski definition) is 7. The van der Waals surface area contributed by atoms with Crippen molar-refractivity contribution in [2.75, 3.05) is 12.3 Å². The molecule has 2 aromatic rings. The number of aryl methyl sites for hydroxylation is 1. The highest BCUT2D eigenvalue weighted by Crippen LogP contribution is 2.17. The third-order valence-electron chi connectivity index (χ3n) is 2.61. The maximum Gasteiger partial charge on any atom is 0.269 e. The minimum atomic E-state index is -0.403. The second-order valence-corrected chi connectivity index (χ2v) is 5.06. The van der Waals surface area contributed by atoms with E-state index in [-0.39, 0.29) is 5.69 Å². The van der Waals surface area contributed by atoms with Gasteiger partial charge in [-0.05, 0) is 22.4 Å². The van der Waals surface area contributed by atoms with Gasteiger partial charge in [0.2, 0.25) is 5.16 Å². The van der Waals surface area contributed by atoms with Gasteiger partial charge in [0.25, 0.3) is 5.69 Å². The molecule has 2 N–H and O–H groups in total. The molecule has 0 bridgehead atoms. The lowest BCUT2D eigenvalue weighted by Gasteiger charge is -2.02. The lowest BCUT2D eigenvalue weighted by molar-refractivity contribution is -0.384. The first-order chi connectivity index (χ1) is 9.70. The topological polar surface area (TPSA) is 113 Å². The fourth-order valence-electron chi connectivity index (χ4n) is 1.61. The van der Waals surface area contributed by atoms with Gasteiger partial charge in [0.15, 0.2) is 0 Å². The number of hydrogen-bond donors (Lipinski definition) is 1. The molecule has 9 heteroatoms. The van der Waals surface area contributed by atoms with Crippen LogP contribution in [0.25, 0.3) is 0 Å². The summed E-state index contributed by atoms with van der Waals surface area (Å²) < 4.78 is 1.67. The SMILES string of the molecule is NCCn1nnnc1SCCc1ccc([N+](=O)[O-])cc1. The van der Waals surface area contributed by atoms with Gasteiger partial charge in [-0.3, -0.25) is 10.1 Å². The Balaban J connectivity index is 1.86. The van der Waals surface area contributed by atoms with Crippen LogP contribution >= 0.6 is 11.8 Å². The maximum absolute atomic E-state index is 10.5. The van der Waals surface area contributed by atoms with Crippen LogP contribution in [0.3, 0.4) is 0 Å². The molecule has 0 spiro atoms. The Morgan fingerprint density at radius 1 is 1.35 bits per heavy atom. The van der Waals surface area contributed by atoms with E-state index in [1.807, 2.05) is 0 Å². The van der Waals surface area contributed by atoms with Crippen LogP contribution in [0.4, 0.5) is 5.69 Å². The van der Waals surface area contributed by atoms with Gasteiger partial charge < -0.3 is 5.73 Å². The number of nitrogens with zero attached hydrogens (tertiary/aromatic N) is 5. The fraction of sp³-hybridized carbons (Fsp3) is 0.364. The molecular formula is C11H14N6O2S. The van der Waals surface area contributed by atoms with E-state index in [9.17, 15) is 10.1 Å². The standard InChI is InChI=1S/C11H14N6O2S/c12-6-7-16-11(13-14-15-16)20-8-5-9-1-3-10(4-2-9)17(18)19/h1-4H,5-8,12H2. The van der Waals surface area contributed by atoms with Crippen LogP contribution in [-0.2, 0) is 13.0 Å². The van der Waals surface area contributed by atoms with Crippen molar-refractivity contribution in [3.05, 3.63) is 39.9 Å². The lowest BCUT2D eigenvalue weighted by Crippen LogP contribution is -2.12. The highest BCUT2D eigenvalue weighted by Gasteiger charge is 2.07. The maximum atomic E-state index is 10.5. The van der Waals surface area contributed by atoms with Gasteiger partial charge in [0, 0.05) is 24.4 Å². The van der Waals surface area contributed by atoms with Crippen molar-refractivity contribution in [1.82, 2.24) is 20.2 Å². The zero-order valence-corrected chi connectivity index (χ0v) is 11.5. The predicted molar refractivity (Wildman–Crippen MR) is 74.4 cm³/mol. The molecule has 20 heavy (non-hydrogen) atoms. The van der Waals surface area contributed by atoms with Crippen LogP contribution in [0, 0.1) is 10.1 Å². The summed E-state index contributed by atoms with van der Waals surface area (Å²) >= 11 is 1.54. The molecule has 1 aromatic heterocycles. The first kappa shape index (κ1) is 14.4. The first-order valence-corrected chi connectivity index (χ1v) is 7.01. The fourth-order valence-corrected chi connectivity index (χ4v) is 2.50. The van der Waals surface area contributed by atoms with E-state index >= 15 is 0 Å². The van der Waals surface area contributed by atoms with E-state index in [0.29, 0.717) is 13.1 Å². The summed E-state index contributed by atoms with van der Waals surface area (Å²) in [4.78, 5) is 10.1. The largest absolute Gasteiger partial charge is 0.329 e. The Bertz CT molecular complexity index is 571. The Hall–Kier alpha value is -2.00. The van der Waals surface area contributed by atoms with Gasteiger partial charge in [-0.2, -0.15) is 0 Å². The van der Waals surface area contributed by atoms with Gasteiger partial charge in [-0.1, -0.05) is 23.9 Å². The average molecular weight is 294 g/mol. The zero-order chi connectivity index (χ0) is 14.4. The zero-order valence-electron chi connectivity index (χ0n) is 10.7. The molecule has 106 valence electrons. The Morgan fingerprint density at radius 3 is 2.75 bits per heavy atom. The highest BCUT2D eigenvalue weighted by atomic mass is 32.2. The molecule has 8 nitrogen and oxygen atoms in total. The van der Waals surface area contributed by atoms with Gasteiger partial charge in [0.05, 0.1) is 11.5 Å². The Labute approximate surface area is 119 Å². The third kappa shape index (κ3) is 3.75. The van der Waals surface area contributed by atoms with Crippen molar-refractivity contribution in [1.29, 1.82) is 0 Å². The molecular weight excluding hydrogens is 280 g/mol. The van der Waals surface area contributed by atoms with Crippen molar-refractivity contribution in [2.24, 2.45) is 5.73 Å². The summed E-state index contributed by atoms with van der Waals surface area (Å²) in [7, 11) is 0. The van der Waals surface area contributed by atoms with Gasteiger partial charge in [-0.15, -0.1) is 5.10 Å². The number of nitrogens with two attached hydrogens (primary N) is 1. The summed E-state index contributed by atoms with van der Waals surface area (Å²) in [6.45, 7) is 1.08. The molecule has 0 aliphatic rings. The van der Waals surface area contributed by atoms with Gasteiger partial charge in [-0.25, -0.2) is 4.68 Å². The molecule has 0 saturated heterocycles. The lowest BCUT2D eigenvalue weighted by atomic mass is 10.1. The number of nitro benzene ring substituents is 1. The van der Waals surface area contributed by atoms with Gasteiger partial charge in [0.1, 0.15) is 0 Å². The molecule has 0 atom stereocenters.